The van der Waals surface area contributed by atoms with Crippen LogP contribution < -0.4 is 4.68 Å². The first-order valence-corrected chi connectivity index (χ1v) is 8.17. The summed E-state index contributed by atoms with van der Waals surface area (Å²) in [5, 5.41) is 0. The predicted molar refractivity (Wildman–Crippen MR) is 80.0 cm³/mol. The molecule has 1 aromatic carbocycles. The van der Waals surface area contributed by atoms with E-state index < -0.39 is 0 Å². The van der Waals surface area contributed by atoms with Gasteiger partial charge in [-0.1, -0.05) is 23.7 Å². The first kappa shape index (κ1) is 14.1. The Morgan fingerprint density at radius 2 is 2.24 bits per heavy atom. The molecule has 0 saturated carbocycles. The predicted octanol–water partition coefficient (Wildman–Crippen LogP) is 2.38. The molecule has 6 heteroatoms. The third kappa shape index (κ3) is 2.44. The van der Waals surface area contributed by atoms with Gasteiger partial charge in [-0.05, 0) is 24.0 Å². The Bertz CT molecular complexity index is 682. The lowest BCUT2D eigenvalue weighted by Gasteiger charge is -2.07. The zero-order chi connectivity index (χ0) is 14.8. The third-order valence-electron chi connectivity index (χ3n) is 3.38. The van der Waals surface area contributed by atoms with Gasteiger partial charge in [-0.3, -0.25) is 0 Å². The molecule has 1 aliphatic heterocycles. The van der Waals surface area contributed by atoms with E-state index in [1.165, 1.54) is 0 Å². The second-order valence-electron chi connectivity index (χ2n) is 4.69. The lowest BCUT2D eigenvalue weighted by molar-refractivity contribution is -0.684. The molecule has 2 aromatic rings. The van der Waals surface area contributed by atoms with Crippen LogP contribution in [-0.2, 0) is 17.6 Å². The summed E-state index contributed by atoms with van der Waals surface area (Å²) in [6, 6.07) is 8.10. The van der Waals surface area contributed by atoms with Gasteiger partial charge in [0.2, 0.25) is 0 Å². The number of rotatable bonds is 2. The van der Waals surface area contributed by atoms with Crippen molar-refractivity contribution in [1.29, 1.82) is 0 Å². The lowest BCUT2D eigenvalue weighted by Crippen LogP contribution is -2.47. The molecule has 1 aliphatic rings. The van der Waals surface area contributed by atoms with Crippen molar-refractivity contribution in [3.8, 4) is 5.69 Å². The van der Waals surface area contributed by atoms with Crippen molar-refractivity contribution in [2.45, 2.75) is 31.6 Å². The summed E-state index contributed by atoms with van der Waals surface area (Å²) in [5.41, 5.74) is 0.996. The molecule has 0 unspecified atom stereocenters. The van der Waals surface area contributed by atoms with Crippen molar-refractivity contribution in [3.63, 3.8) is 0 Å². The number of para-hydroxylation sites is 1. The summed E-state index contributed by atoms with van der Waals surface area (Å²) in [7, 11) is 0. The van der Waals surface area contributed by atoms with Crippen LogP contribution in [0, 0.1) is 0 Å². The molecule has 0 fully saturated rings. The SMILES string of the molecule is CCOC(=O)n1c(CC)nc2[n+]1-c1ccccc1SCC2. The molecule has 0 saturated heterocycles. The normalized spacial score (nSPS) is 13.2. The zero-order valence-corrected chi connectivity index (χ0v) is 13.0. The topological polar surface area (TPSA) is 48.0 Å². The summed E-state index contributed by atoms with van der Waals surface area (Å²) in [4.78, 5) is 18.2. The fourth-order valence-corrected chi connectivity index (χ4v) is 3.47. The number of carbonyl (C=O) groups is 1. The first-order valence-electron chi connectivity index (χ1n) is 7.18. The van der Waals surface area contributed by atoms with E-state index in [9.17, 15) is 4.79 Å². The van der Waals surface area contributed by atoms with E-state index in [1.54, 1.807) is 16.4 Å². The molecular formula is C15H18N3O2S+. The first-order chi connectivity index (χ1) is 10.3. The van der Waals surface area contributed by atoms with Gasteiger partial charge in [0.05, 0.1) is 17.9 Å². The third-order valence-corrected chi connectivity index (χ3v) is 4.45. The van der Waals surface area contributed by atoms with E-state index in [4.69, 9.17) is 4.74 Å². The van der Waals surface area contributed by atoms with Crippen molar-refractivity contribution in [1.82, 2.24) is 9.67 Å². The molecular weight excluding hydrogens is 286 g/mol. The zero-order valence-electron chi connectivity index (χ0n) is 12.2. The standard InChI is InChI=1S/C15H18N3O2S/c1-3-13-16-14-9-10-21-12-8-6-5-7-11(12)17(14)18(13)15(19)20-4-2/h5-8H,3-4,9-10H2,1-2H3/q+1. The van der Waals surface area contributed by atoms with Crippen LogP contribution in [0.4, 0.5) is 4.79 Å². The maximum absolute atomic E-state index is 12.4. The van der Waals surface area contributed by atoms with Gasteiger partial charge >= 0.3 is 11.9 Å². The Kier molecular flexibility index (Phi) is 3.96. The van der Waals surface area contributed by atoms with Crippen LogP contribution in [0.2, 0.25) is 0 Å². The molecule has 0 aliphatic carbocycles. The van der Waals surface area contributed by atoms with E-state index in [0.29, 0.717) is 13.0 Å². The van der Waals surface area contributed by atoms with Gasteiger partial charge in [-0.15, -0.1) is 16.4 Å². The van der Waals surface area contributed by atoms with Gasteiger partial charge in [0.15, 0.2) is 5.69 Å². The number of thioether (sulfide) groups is 1. The summed E-state index contributed by atoms with van der Waals surface area (Å²) in [6.45, 7) is 4.16. The number of fused-ring (bicyclic) bond motifs is 3. The molecule has 0 bridgehead atoms. The maximum Gasteiger partial charge on any atom is 0.454 e. The van der Waals surface area contributed by atoms with Crippen molar-refractivity contribution in [2.75, 3.05) is 12.4 Å². The number of hydrogen-bond donors (Lipinski definition) is 0. The smallest absolute Gasteiger partial charge is 0.447 e. The Hall–Kier alpha value is -1.82. The van der Waals surface area contributed by atoms with E-state index in [-0.39, 0.29) is 6.09 Å². The number of aryl methyl sites for hydroxylation is 2. The van der Waals surface area contributed by atoms with E-state index in [2.05, 4.69) is 11.1 Å². The molecule has 3 rings (SSSR count). The molecule has 21 heavy (non-hydrogen) atoms. The summed E-state index contributed by atoms with van der Waals surface area (Å²) in [6.07, 6.45) is 1.15. The number of aromatic nitrogens is 3. The largest absolute Gasteiger partial charge is 0.454 e. The molecule has 110 valence electrons. The van der Waals surface area contributed by atoms with Crippen LogP contribution in [0.25, 0.3) is 5.69 Å². The van der Waals surface area contributed by atoms with Crippen molar-refractivity contribution in [2.24, 2.45) is 0 Å². The van der Waals surface area contributed by atoms with Gasteiger partial charge in [0.25, 0.3) is 5.82 Å². The number of ether oxygens (including phenoxy) is 1. The number of hydrogen-bond acceptors (Lipinski definition) is 4. The van der Waals surface area contributed by atoms with E-state index >= 15 is 0 Å². The van der Waals surface area contributed by atoms with E-state index in [1.807, 2.05) is 36.7 Å². The number of benzene rings is 1. The highest BCUT2D eigenvalue weighted by Gasteiger charge is 2.33. The van der Waals surface area contributed by atoms with Crippen molar-refractivity contribution in [3.05, 3.63) is 35.9 Å². The van der Waals surface area contributed by atoms with Gasteiger partial charge in [0, 0.05) is 12.2 Å². The molecule has 0 N–H and O–H groups in total. The molecule has 0 amide bonds. The highest BCUT2D eigenvalue weighted by Crippen LogP contribution is 2.26. The molecule has 0 radical (unpaired) electrons. The molecule has 0 spiro atoms. The quantitative estimate of drug-likeness (QED) is 0.799. The van der Waals surface area contributed by atoms with Crippen molar-refractivity contribution >= 4 is 17.9 Å². The Balaban J connectivity index is 2.24. The maximum atomic E-state index is 12.4. The monoisotopic (exact) mass is 304 g/mol. The van der Waals surface area contributed by atoms with Crippen LogP contribution in [0.1, 0.15) is 25.5 Å². The number of carbonyl (C=O) groups excluding carboxylic acids is 1. The second kappa shape index (κ2) is 5.89. The summed E-state index contributed by atoms with van der Waals surface area (Å²) >= 11 is 1.79. The Labute approximate surface area is 127 Å². The molecule has 5 nitrogen and oxygen atoms in total. The molecule has 1 aromatic heterocycles. The highest BCUT2D eigenvalue weighted by atomic mass is 32.2. The average Bonchev–Trinajstić information content (AvgIpc) is 2.77. The summed E-state index contributed by atoms with van der Waals surface area (Å²) < 4.78 is 8.69. The van der Waals surface area contributed by atoms with Crippen LogP contribution >= 0.6 is 11.8 Å². The second-order valence-corrected chi connectivity index (χ2v) is 5.82. The Morgan fingerprint density at radius 1 is 1.43 bits per heavy atom. The van der Waals surface area contributed by atoms with Crippen LogP contribution in [0.5, 0.6) is 0 Å². The van der Waals surface area contributed by atoms with Crippen molar-refractivity contribution < 1.29 is 14.2 Å². The minimum Gasteiger partial charge on any atom is -0.447 e. The minimum absolute atomic E-state index is 0.353. The minimum atomic E-state index is -0.366. The average molecular weight is 304 g/mol. The van der Waals surface area contributed by atoms with Crippen LogP contribution in [0.15, 0.2) is 29.2 Å². The highest BCUT2D eigenvalue weighted by molar-refractivity contribution is 7.99. The molecule has 2 heterocycles. The lowest BCUT2D eigenvalue weighted by atomic mass is 10.3. The van der Waals surface area contributed by atoms with E-state index in [0.717, 1.165) is 34.4 Å². The van der Waals surface area contributed by atoms with Gasteiger partial charge in [0.1, 0.15) is 0 Å². The van der Waals surface area contributed by atoms with Crippen LogP contribution in [-0.4, -0.2) is 28.1 Å². The molecule has 0 atom stereocenters. The Morgan fingerprint density at radius 3 is 3.00 bits per heavy atom. The summed E-state index contributed by atoms with van der Waals surface area (Å²) in [5.74, 6) is 2.61. The fourth-order valence-electron chi connectivity index (χ4n) is 2.49. The van der Waals surface area contributed by atoms with Gasteiger partial charge in [-0.25, -0.2) is 4.79 Å². The van der Waals surface area contributed by atoms with Gasteiger partial charge < -0.3 is 4.74 Å². The fraction of sp³-hybridized carbons (Fsp3) is 0.400. The van der Waals surface area contributed by atoms with Gasteiger partial charge in [-0.2, -0.15) is 0 Å². The van der Waals surface area contributed by atoms with Crippen LogP contribution in [0.3, 0.4) is 0 Å². The number of nitrogens with zero attached hydrogens (tertiary/aromatic N) is 3.